The van der Waals surface area contributed by atoms with E-state index in [9.17, 15) is 4.79 Å². The average molecular weight is 276 g/mol. The van der Waals surface area contributed by atoms with E-state index in [4.69, 9.17) is 0 Å². The molecule has 0 spiro atoms. The Balaban J connectivity index is 1.73. The maximum atomic E-state index is 11.8. The van der Waals surface area contributed by atoms with Crippen LogP contribution in [0.2, 0.25) is 0 Å². The van der Waals surface area contributed by atoms with Gasteiger partial charge in [-0.15, -0.1) is 0 Å². The molecule has 0 fully saturated rings. The van der Waals surface area contributed by atoms with Crippen molar-refractivity contribution in [3.05, 3.63) is 66.8 Å². The van der Waals surface area contributed by atoms with Crippen LogP contribution in [0.1, 0.15) is 5.69 Å². The molecule has 0 aliphatic rings. The number of pyridine rings is 1. The van der Waals surface area contributed by atoms with E-state index in [2.05, 4.69) is 20.3 Å². The van der Waals surface area contributed by atoms with Crippen LogP contribution in [0, 0.1) is 0 Å². The van der Waals surface area contributed by atoms with Gasteiger partial charge in [0.05, 0.1) is 34.8 Å². The molecule has 0 bridgehead atoms. The standard InChI is InChI=1S/C16H12N4O/c21-16(20-12-4-3-9-17-10-12)8-7-13-11-18-14-5-1-2-6-15(14)19-13/h1-11H,(H,20,21). The lowest BCUT2D eigenvalue weighted by Crippen LogP contribution is -2.07. The summed E-state index contributed by atoms with van der Waals surface area (Å²) in [4.78, 5) is 24.4. The van der Waals surface area contributed by atoms with Crippen LogP contribution >= 0.6 is 0 Å². The Bertz CT molecular complexity index is 799. The smallest absolute Gasteiger partial charge is 0.248 e. The summed E-state index contributed by atoms with van der Waals surface area (Å²) in [6.45, 7) is 0. The summed E-state index contributed by atoms with van der Waals surface area (Å²) < 4.78 is 0. The van der Waals surface area contributed by atoms with Crippen molar-refractivity contribution in [1.29, 1.82) is 0 Å². The first kappa shape index (κ1) is 12.9. The molecule has 21 heavy (non-hydrogen) atoms. The largest absolute Gasteiger partial charge is 0.321 e. The molecule has 1 aromatic carbocycles. The molecule has 0 aliphatic carbocycles. The van der Waals surface area contributed by atoms with Crippen molar-refractivity contribution in [2.24, 2.45) is 0 Å². The van der Waals surface area contributed by atoms with Crippen LogP contribution in [0.15, 0.2) is 61.1 Å². The number of carbonyl (C=O) groups is 1. The number of aromatic nitrogens is 3. The number of nitrogens with one attached hydrogen (secondary N) is 1. The van der Waals surface area contributed by atoms with Gasteiger partial charge in [-0.2, -0.15) is 0 Å². The van der Waals surface area contributed by atoms with Gasteiger partial charge in [-0.25, -0.2) is 4.98 Å². The van der Waals surface area contributed by atoms with Crippen molar-refractivity contribution in [3.8, 4) is 0 Å². The van der Waals surface area contributed by atoms with Crippen molar-refractivity contribution < 1.29 is 4.79 Å². The fourth-order valence-corrected chi connectivity index (χ4v) is 1.83. The summed E-state index contributed by atoms with van der Waals surface area (Å²) in [6.07, 6.45) is 7.92. The molecule has 5 nitrogen and oxygen atoms in total. The highest BCUT2D eigenvalue weighted by molar-refractivity contribution is 6.01. The molecule has 102 valence electrons. The predicted molar refractivity (Wildman–Crippen MR) is 81.4 cm³/mol. The molecule has 1 amide bonds. The molecule has 0 aliphatic heterocycles. The third kappa shape index (κ3) is 3.27. The van der Waals surface area contributed by atoms with E-state index in [1.807, 2.05) is 24.3 Å². The van der Waals surface area contributed by atoms with E-state index in [-0.39, 0.29) is 5.91 Å². The Morgan fingerprint density at radius 1 is 1.05 bits per heavy atom. The molecular formula is C16H12N4O. The highest BCUT2D eigenvalue weighted by Gasteiger charge is 1.99. The van der Waals surface area contributed by atoms with Gasteiger partial charge in [0, 0.05) is 12.3 Å². The lowest BCUT2D eigenvalue weighted by molar-refractivity contribution is -0.111. The Labute approximate surface area is 121 Å². The van der Waals surface area contributed by atoms with Gasteiger partial charge in [0.1, 0.15) is 0 Å². The lowest BCUT2D eigenvalue weighted by Gasteiger charge is -2.00. The number of amides is 1. The number of hydrogen-bond donors (Lipinski definition) is 1. The van der Waals surface area contributed by atoms with Crippen LogP contribution in [-0.2, 0) is 4.79 Å². The SMILES string of the molecule is O=C(C=Cc1cnc2ccccc2n1)Nc1cccnc1. The van der Waals surface area contributed by atoms with Crippen molar-refractivity contribution in [3.63, 3.8) is 0 Å². The first-order chi connectivity index (χ1) is 10.3. The van der Waals surface area contributed by atoms with E-state index in [1.165, 1.54) is 6.08 Å². The molecule has 0 atom stereocenters. The minimum atomic E-state index is -0.238. The quantitative estimate of drug-likeness (QED) is 0.747. The number of benzene rings is 1. The molecule has 0 saturated heterocycles. The fourth-order valence-electron chi connectivity index (χ4n) is 1.83. The number of para-hydroxylation sites is 2. The molecule has 2 heterocycles. The van der Waals surface area contributed by atoms with Gasteiger partial charge in [-0.3, -0.25) is 14.8 Å². The van der Waals surface area contributed by atoms with Crippen LogP contribution < -0.4 is 5.32 Å². The van der Waals surface area contributed by atoms with Gasteiger partial charge in [0.2, 0.25) is 5.91 Å². The van der Waals surface area contributed by atoms with Gasteiger partial charge in [-0.1, -0.05) is 12.1 Å². The number of rotatable bonds is 3. The van der Waals surface area contributed by atoms with Gasteiger partial charge in [-0.05, 0) is 30.3 Å². The van der Waals surface area contributed by atoms with Crippen molar-refractivity contribution >= 4 is 28.7 Å². The average Bonchev–Trinajstić information content (AvgIpc) is 2.54. The minimum Gasteiger partial charge on any atom is -0.321 e. The molecular weight excluding hydrogens is 264 g/mol. The van der Waals surface area contributed by atoms with Gasteiger partial charge in [0.25, 0.3) is 0 Å². The zero-order chi connectivity index (χ0) is 14.5. The number of fused-ring (bicyclic) bond motifs is 1. The summed E-state index contributed by atoms with van der Waals surface area (Å²) in [7, 11) is 0. The first-order valence-corrected chi connectivity index (χ1v) is 6.42. The summed E-state index contributed by atoms with van der Waals surface area (Å²) in [5, 5.41) is 2.71. The topological polar surface area (TPSA) is 67.8 Å². The van der Waals surface area contributed by atoms with E-state index >= 15 is 0 Å². The van der Waals surface area contributed by atoms with Gasteiger partial charge < -0.3 is 5.32 Å². The molecule has 1 N–H and O–H groups in total. The Kier molecular flexibility index (Phi) is 3.64. The zero-order valence-corrected chi connectivity index (χ0v) is 11.1. The normalized spacial score (nSPS) is 10.9. The molecule has 3 aromatic rings. The van der Waals surface area contributed by atoms with Gasteiger partial charge in [0.15, 0.2) is 0 Å². The third-order valence-electron chi connectivity index (χ3n) is 2.80. The third-order valence-corrected chi connectivity index (χ3v) is 2.80. The van der Waals surface area contributed by atoms with Gasteiger partial charge >= 0.3 is 0 Å². The molecule has 0 unspecified atom stereocenters. The van der Waals surface area contributed by atoms with E-state index in [0.717, 1.165) is 11.0 Å². The number of anilines is 1. The Morgan fingerprint density at radius 3 is 2.71 bits per heavy atom. The maximum absolute atomic E-state index is 11.8. The summed E-state index contributed by atoms with van der Waals surface area (Å²) in [6, 6.07) is 11.1. The van der Waals surface area contributed by atoms with Crippen LogP contribution in [-0.4, -0.2) is 20.9 Å². The van der Waals surface area contributed by atoms with Crippen LogP contribution in [0.5, 0.6) is 0 Å². The second kappa shape index (κ2) is 5.92. The van der Waals surface area contributed by atoms with Crippen LogP contribution in [0.25, 0.3) is 17.1 Å². The second-order valence-corrected chi connectivity index (χ2v) is 4.35. The molecule has 0 radical (unpaired) electrons. The molecule has 0 saturated carbocycles. The lowest BCUT2D eigenvalue weighted by atomic mass is 10.3. The van der Waals surface area contributed by atoms with Crippen molar-refractivity contribution in [1.82, 2.24) is 15.0 Å². The Morgan fingerprint density at radius 2 is 1.90 bits per heavy atom. The number of hydrogen-bond acceptors (Lipinski definition) is 4. The summed E-state index contributed by atoms with van der Waals surface area (Å²) in [5.41, 5.74) is 2.91. The second-order valence-electron chi connectivity index (χ2n) is 4.35. The monoisotopic (exact) mass is 276 g/mol. The van der Waals surface area contributed by atoms with E-state index in [1.54, 1.807) is 36.8 Å². The Hall–Kier alpha value is -3.08. The fraction of sp³-hybridized carbons (Fsp3) is 0. The maximum Gasteiger partial charge on any atom is 0.248 e. The van der Waals surface area contributed by atoms with Crippen LogP contribution in [0.4, 0.5) is 5.69 Å². The highest BCUT2D eigenvalue weighted by Crippen LogP contribution is 2.09. The number of carbonyl (C=O) groups excluding carboxylic acids is 1. The molecule has 2 aromatic heterocycles. The summed E-state index contributed by atoms with van der Waals surface area (Å²) >= 11 is 0. The zero-order valence-electron chi connectivity index (χ0n) is 11.1. The minimum absolute atomic E-state index is 0.238. The van der Waals surface area contributed by atoms with Crippen molar-refractivity contribution in [2.75, 3.05) is 5.32 Å². The van der Waals surface area contributed by atoms with E-state index in [0.29, 0.717) is 11.4 Å². The van der Waals surface area contributed by atoms with Crippen LogP contribution in [0.3, 0.4) is 0 Å². The predicted octanol–water partition coefficient (Wildman–Crippen LogP) is 2.68. The highest BCUT2D eigenvalue weighted by atomic mass is 16.1. The van der Waals surface area contributed by atoms with E-state index < -0.39 is 0 Å². The molecule has 3 rings (SSSR count). The first-order valence-electron chi connectivity index (χ1n) is 6.42. The summed E-state index contributed by atoms with van der Waals surface area (Å²) in [5.74, 6) is -0.238. The molecule has 5 heteroatoms. The van der Waals surface area contributed by atoms with Crippen molar-refractivity contribution in [2.45, 2.75) is 0 Å². The number of nitrogens with zero attached hydrogens (tertiary/aromatic N) is 3.